The second kappa shape index (κ2) is 15.8. The van der Waals surface area contributed by atoms with E-state index in [0.717, 1.165) is 12.2 Å². The number of amides is 1. The highest BCUT2D eigenvalue weighted by atomic mass is 16.5. The molecular weight excluding hydrogens is 450 g/mol. The van der Waals surface area contributed by atoms with Crippen molar-refractivity contribution < 1.29 is 13.9 Å². The van der Waals surface area contributed by atoms with E-state index >= 15 is 0 Å². The van der Waals surface area contributed by atoms with Gasteiger partial charge in [-0.3, -0.25) is 9.59 Å². The van der Waals surface area contributed by atoms with E-state index in [4.69, 9.17) is 9.15 Å². The van der Waals surface area contributed by atoms with E-state index in [1.165, 1.54) is 83.1 Å². The highest BCUT2D eigenvalue weighted by Crippen LogP contribution is 2.22. The second-order valence-electron chi connectivity index (χ2n) is 9.48. The summed E-state index contributed by atoms with van der Waals surface area (Å²) in [5.41, 5.74) is 1.06. The molecule has 0 aliphatic rings. The van der Waals surface area contributed by atoms with Crippen molar-refractivity contribution >= 4 is 22.6 Å². The van der Waals surface area contributed by atoms with Gasteiger partial charge < -0.3 is 14.5 Å². The molecule has 3 aromatic rings. The number of nitrogens with one attached hydrogen (secondary N) is 1. The molecule has 0 spiro atoms. The zero-order chi connectivity index (χ0) is 25.4. The number of hydrogen-bond acceptors (Lipinski definition) is 4. The van der Waals surface area contributed by atoms with Crippen molar-refractivity contribution in [1.29, 1.82) is 0 Å². The molecule has 0 unspecified atom stereocenters. The standard InChI is InChI=1S/C31H40NO4/c1-2-3-4-5-6-7-8-9-10-11-12-13-14-23-35-26-20-18-25(19-21-26)31(34)32-28-17-15-16-27-29(33)22-24-36-30(27)28/h15-22H,2-14,23H2,1H3,(H,32,34). The highest BCUT2D eigenvalue weighted by Gasteiger charge is 2.11. The molecule has 2 aromatic carbocycles. The van der Waals surface area contributed by atoms with Crippen molar-refractivity contribution in [2.75, 3.05) is 11.9 Å². The Morgan fingerprint density at radius 2 is 1.44 bits per heavy atom. The first-order valence-corrected chi connectivity index (χ1v) is 13.7. The molecule has 0 aliphatic carbocycles. The van der Waals surface area contributed by atoms with Gasteiger partial charge in [0.2, 0.25) is 0 Å². The van der Waals surface area contributed by atoms with Crippen molar-refractivity contribution in [2.45, 2.75) is 90.4 Å². The first-order valence-electron chi connectivity index (χ1n) is 13.7. The summed E-state index contributed by atoms with van der Waals surface area (Å²) >= 11 is 0. The average Bonchev–Trinajstić information content (AvgIpc) is 2.90. The first kappa shape index (κ1) is 27.5. The molecule has 5 heteroatoms. The average molecular weight is 491 g/mol. The van der Waals surface area contributed by atoms with Crippen LogP contribution >= 0.6 is 0 Å². The van der Waals surface area contributed by atoms with Crippen LogP contribution in [0.3, 0.4) is 0 Å². The van der Waals surface area contributed by atoms with Crippen LogP contribution in [0.15, 0.2) is 57.7 Å². The lowest BCUT2D eigenvalue weighted by Gasteiger charge is -2.09. The predicted octanol–water partition coefficient (Wildman–Crippen LogP) is 8.32. The van der Waals surface area contributed by atoms with Gasteiger partial charge in [-0.25, -0.2) is 0 Å². The molecule has 5 nitrogen and oxygen atoms in total. The van der Waals surface area contributed by atoms with Crippen molar-refractivity contribution in [3.63, 3.8) is 0 Å². The van der Waals surface area contributed by atoms with E-state index in [1.54, 1.807) is 30.3 Å². The van der Waals surface area contributed by atoms with Gasteiger partial charge in [-0.1, -0.05) is 90.0 Å². The molecule has 0 atom stereocenters. The summed E-state index contributed by atoms with van der Waals surface area (Å²) in [5.74, 6) is 0.480. The van der Waals surface area contributed by atoms with Crippen molar-refractivity contribution in [3.8, 4) is 5.75 Å². The zero-order valence-electron chi connectivity index (χ0n) is 21.7. The molecule has 1 radical (unpaired) electrons. The van der Waals surface area contributed by atoms with Crippen LogP contribution in [-0.4, -0.2) is 12.5 Å². The fraction of sp³-hybridized carbons (Fsp3) is 0.484. The lowest BCUT2D eigenvalue weighted by atomic mass is 10.0. The maximum Gasteiger partial charge on any atom is 0.255 e. The van der Waals surface area contributed by atoms with Crippen LogP contribution in [0.25, 0.3) is 11.0 Å². The third-order valence-electron chi connectivity index (χ3n) is 6.51. The number of anilines is 1. The number of rotatable bonds is 17. The molecule has 0 saturated carbocycles. The van der Waals surface area contributed by atoms with Gasteiger partial charge in [0.1, 0.15) is 5.75 Å². The number of carbonyl (C=O) groups excluding carboxylic acids is 1. The predicted molar refractivity (Wildman–Crippen MR) is 147 cm³/mol. The normalized spacial score (nSPS) is 11.0. The van der Waals surface area contributed by atoms with Gasteiger partial charge in [0.25, 0.3) is 5.91 Å². The third kappa shape index (κ3) is 9.18. The summed E-state index contributed by atoms with van der Waals surface area (Å²) in [4.78, 5) is 24.6. The van der Waals surface area contributed by atoms with Crippen LogP contribution in [0.1, 0.15) is 101 Å². The summed E-state index contributed by atoms with van der Waals surface area (Å²) in [6.45, 7) is 2.96. The molecule has 1 heterocycles. The van der Waals surface area contributed by atoms with E-state index in [1.807, 2.05) is 12.1 Å². The number of unbranched alkanes of at least 4 members (excludes halogenated alkanes) is 12. The molecule has 0 fully saturated rings. The van der Waals surface area contributed by atoms with Crippen molar-refractivity contribution in [2.24, 2.45) is 0 Å². The first-order chi connectivity index (χ1) is 17.7. The molecule has 1 amide bonds. The third-order valence-corrected chi connectivity index (χ3v) is 6.51. The smallest absolute Gasteiger partial charge is 0.255 e. The largest absolute Gasteiger partial charge is 0.494 e. The summed E-state index contributed by atoms with van der Waals surface area (Å²) < 4.78 is 11.2. The van der Waals surface area contributed by atoms with Gasteiger partial charge >= 0.3 is 0 Å². The van der Waals surface area contributed by atoms with Gasteiger partial charge in [-0.05, 0) is 42.8 Å². The Labute approximate surface area is 215 Å². The molecule has 0 bridgehead atoms. The van der Waals surface area contributed by atoms with Crippen LogP contribution in [0.5, 0.6) is 5.75 Å². The maximum atomic E-state index is 12.7. The Hall–Kier alpha value is -3.08. The minimum atomic E-state index is -0.281. The fourth-order valence-electron chi connectivity index (χ4n) is 4.37. The van der Waals surface area contributed by atoms with Gasteiger partial charge in [0.05, 0.1) is 17.7 Å². The Morgan fingerprint density at radius 1 is 0.833 bits per heavy atom. The zero-order valence-corrected chi connectivity index (χ0v) is 21.7. The molecule has 0 saturated heterocycles. The number of ether oxygens (including phenoxy) is 1. The van der Waals surface area contributed by atoms with E-state index in [2.05, 4.69) is 18.5 Å². The monoisotopic (exact) mass is 490 g/mol. The Morgan fingerprint density at radius 3 is 2.08 bits per heavy atom. The number of para-hydroxylation sites is 1. The molecule has 1 N–H and O–H groups in total. The quantitative estimate of drug-likeness (QED) is 0.193. The van der Waals surface area contributed by atoms with Gasteiger partial charge in [0.15, 0.2) is 17.3 Å². The van der Waals surface area contributed by atoms with Crippen LogP contribution in [-0.2, 0) is 0 Å². The van der Waals surface area contributed by atoms with Gasteiger partial charge in [0, 0.05) is 11.6 Å². The molecular formula is C31H40NO4. The van der Waals surface area contributed by atoms with Crippen LogP contribution < -0.4 is 15.5 Å². The number of carbonyl (C=O) groups is 1. The maximum absolute atomic E-state index is 12.7. The summed E-state index contributed by atoms with van der Waals surface area (Å²) in [6, 6.07) is 13.4. The molecule has 36 heavy (non-hydrogen) atoms. The lowest BCUT2D eigenvalue weighted by Crippen LogP contribution is -2.12. The highest BCUT2D eigenvalue weighted by molar-refractivity contribution is 6.07. The Balaban J connectivity index is 1.28. The summed E-state index contributed by atoms with van der Waals surface area (Å²) in [5, 5.41) is 3.22. The van der Waals surface area contributed by atoms with E-state index in [9.17, 15) is 9.59 Å². The van der Waals surface area contributed by atoms with Gasteiger partial charge in [-0.2, -0.15) is 0 Å². The number of fused-ring (bicyclic) bond motifs is 1. The minimum Gasteiger partial charge on any atom is -0.494 e. The van der Waals surface area contributed by atoms with E-state index in [-0.39, 0.29) is 11.3 Å². The number of hydrogen-bond donors (Lipinski definition) is 1. The van der Waals surface area contributed by atoms with Gasteiger partial charge in [-0.15, -0.1) is 0 Å². The van der Waals surface area contributed by atoms with Crippen LogP contribution in [0, 0.1) is 6.26 Å². The lowest BCUT2D eigenvalue weighted by molar-refractivity contribution is 0.102. The Kier molecular flexibility index (Phi) is 12.1. The Bertz CT molecular complexity index is 1100. The molecule has 0 aliphatic heterocycles. The second-order valence-corrected chi connectivity index (χ2v) is 9.48. The van der Waals surface area contributed by atoms with Crippen LogP contribution in [0.4, 0.5) is 5.69 Å². The molecule has 193 valence electrons. The van der Waals surface area contributed by atoms with Crippen molar-refractivity contribution in [3.05, 3.63) is 70.6 Å². The fourth-order valence-corrected chi connectivity index (χ4v) is 4.37. The molecule has 1 aromatic heterocycles. The topological polar surface area (TPSA) is 68.5 Å². The van der Waals surface area contributed by atoms with Crippen molar-refractivity contribution in [1.82, 2.24) is 0 Å². The minimum absolute atomic E-state index is 0.197. The van der Waals surface area contributed by atoms with E-state index < -0.39 is 0 Å². The van der Waals surface area contributed by atoms with E-state index in [0.29, 0.717) is 28.8 Å². The summed E-state index contributed by atoms with van der Waals surface area (Å²) in [6.07, 6.45) is 19.7. The SMILES string of the molecule is CCCCCCCCCCCCCCCOc1ccc(C(=O)Nc2cccc3c(=O)c[c]oc23)cc1. The summed E-state index contributed by atoms with van der Waals surface area (Å²) in [7, 11) is 0. The van der Waals surface area contributed by atoms with Crippen LogP contribution in [0.2, 0.25) is 0 Å². The number of benzene rings is 2. The molecule has 3 rings (SSSR count).